The summed E-state index contributed by atoms with van der Waals surface area (Å²) in [4.78, 5) is 11.4. The van der Waals surface area contributed by atoms with Crippen LogP contribution in [0.25, 0.3) is 0 Å². The van der Waals surface area contributed by atoms with E-state index >= 15 is 0 Å². The van der Waals surface area contributed by atoms with Gasteiger partial charge in [-0.05, 0) is 30.9 Å². The summed E-state index contributed by atoms with van der Waals surface area (Å²) in [6, 6.07) is 0.0349. The van der Waals surface area contributed by atoms with Crippen LogP contribution in [0.4, 0.5) is 8.78 Å². The summed E-state index contributed by atoms with van der Waals surface area (Å²) < 4.78 is 31.4. The molecule has 1 aromatic rings. The van der Waals surface area contributed by atoms with E-state index in [1.807, 2.05) is 0 Å². The normalized spacial score (nSPS) is 13.6. The Morgan fingerprint density at radius 1 is 1.69 bits per heavy atom. The molecule has 90 valence electrons. The second-order valence-corrected chi connectivity index (χ2v) is 4.24. The highest BCUT2D eigenvalue weighted by Crippen LogP contribution is 2.34. The van der Waals surface area contributed by atoms with Crippen molar-refractivity contribution in [2.45, 2.75) is 25.8 Å². The number of nitrogens with two attached hydrogens (primary N) is 1. The smallest absolute Gasteiger partial charge is 0.379 e. The molecule has 1 aromatic heterocycles. The Morgan fingerprint density at radius 3 is 2.75 bits per heavy atom. The molecule has 0 radical (unpaired) electrons. The molecule has 2 N–H and O–H groups in total. The average Bonchev–Trinajstić information content (AvgIpc) is 2.63. The van der Waals surface area contributed by atoms with Crippen molar-refractivity contribution >= 4 is 17.3 Å². The topological polar surface area (TPSA) is 52.3 Å². The Labute approximate surface area is 96.2 Å². The number of rotatable bonds is 4. The molecule has 6 heteroatoms. The molecule has 1 heterocycles. The first-order chi connectivity index (χ1) is 7.41. The molecule has 0 aliphatic heterocycles. The van der Waals surface area contributed by atoms with Crippen LogP contribution >= 0.6 is 11.3 Å². The number of thiophene rings is 1. The van der Waals surface area contributed by atoms with Crippen LogP contribution in [0.1, 0.15) is 23.4 Å². The highest BCUT2D eigenvalue weighted by atomic mass is 32.1. The lowest BCUT2D eigenvalue weighted by Crippen LogP contribution is -2.41. The first kappa shape index (κ1) is 13.1. The predicted molar refractivity (Wildman–Crippen MR) is 57.6 cm³/mol. The van der Waals surface area contributed by atoms with Crippen molar-refractivity contribution in [3.63, 3.8) is 0 Å². The van der Waals surface area contributed by atoms with Crippen molar-refractivity contribution in [3.05, 3.63) is 21.9 Å². The molecule has 3 nitrogen and oxygen atoms in total. The number of halogens is 2. The van der Waals surface area contributed by atoms with Gasteiger partial charge in [-0.15, -0.1) is 11.3 Å². The third kappa shape index (κ3) is 2.38. The zero-order valence-corrected chi connectivity index (χ0v) is 9.81. The lowest BCUT2D eigenvalue weighted by Gasteiger charge is -2.21. The number of hydrogen-bond donors (Lipinski definition) is 1. The zero-order chi connectivity index (χ0) is 12.3. The molecule has 0 aromatic carbocycles. The van der Waals surface area contributed by atoms with E-state index in [-0.39, 0.29) is 6.61 Å². The van der Waals surface area contributed by atoms with E-state index in [4.69, 9.17) is 5.73 Å². The molecule has 0 saturated carbocycles. The van der Waals surface area contributed by atoms with E-state index in [0.29, 0.717) is 10.4 Å². The first-order valence-corrected chi connectivity index (χ1v) is 5.63. The van der Waals surface area contributed by atoms with Crippen LogP contribution < -0.4 is 5.73 Å². The molecule has 0 bridgehead atoms. The van der Waals surface area contributed by atoms with Gasteiger partial charge in [-0.2, -0.15) is 8.78 Å². The number of aryl methyl sites for hydroxylation is 1. The molecule has 1 rings (SSSR count). The third-order valence-electron chi connectivity index (χ3n) is 2.12. The molecular formula is C10H13F2NO2S. The predicted octanol–water partition coefficient (Wildman–Crippen LogP) is 2.25. The van der Waals surface area contributed by atoms with Gasteiger partial charge in [-0.25, -0.2) is 4.79 Å². The first-order valence-electron chi connectivity index (χ1n) is 4.75. The van der Waals surface area contributed by atoms with E-state index in [1.165, 1.54) is 6.92 Å². The van der Waals surface area contributed by atoms with Gasteiger partial charge in [0.15, 0.2) is 0 Å². The van der Waals surface area contributed by atoms with Crippen molar-refractivity contribution in [1.29, 1.82) is 0 Å². The SMILES string of the molecule is CCOC(=O)C(F)(F)[C@@H](N)c1sccc1C. The van der Waals surface area contributed by atoms with Gasteiger partial charge in [0, 0.05) is 4.88 Å². The Kier molecular flexibility index (Phi) is 3.98. The van der Waals surface area contributed by atoms with Gasteiger partial charge < -0.3 is 10.5 Å². The van der Waals surface area contributed by atoms with Crippen molar-refractivity contribution < 1.29 is 18.3 Å². The number of alkyl halides is 2. The third-order valence-corrected chi connectivity index (χ3v) is 3.22. The largest absolute Gasteiger partial charge is 0.462 e. The van der Waals surface area contributed by atoms with Gasteiger partial charge >= 0.3 is 11.9 Å². The average molecular weight is 249 g/mol. The molecule has 0 fully saturated rings. The van der Waals surface area contributed by atoms with Crippen molar-refractivity contribution in [3.8, 4) is 0 Å². The summed E-state index contributed by atoms with van der Waals surface area (Å²) in [5.41, 5.74) is 6.06. The lowest BCUT2D eigenvalue weighted by atomic mass is 10.1. The number of carbonyl (C=O) groups is 1. The second-order valence-electron chi connectivity index (χ2n) is 3.29. The highest BCUT2D eigenvalue weighted by molar-refractivity contribution is 7.10. The molecule has 16 heavy (non-hydrogen) atoms. The van der Waals surface area contributed by atoms with Crippen LogP contribution in [0.2, 0.25) is 0 Å². The fraction of sp³-hybridized carbons (Fsp3) is 0.500. The molecule has 0 unspecified atom stereocenters. The molecule has 0 spiro atoms. The van der Waals surface area contributed by atoms with E-state index in [2.05, 4.69) is 4.74 Å². The minimum Gasteiger partial charge on any atom is -0.462 e. The Morgan fingerprint density at radius 2 is 2.31 bits per heavy atom. The Bertz CT molecular complexity index is 379. The van der Waals surface area contributed by atoms with E-state index in [1.54, 1.807) is 18.4 Å². The second kappa shape index (κ2) is 4.88. The van der Waals surface area contributed by atoms with Gasteiger partial charge in [0.2, 0.25) is 0 Å². The number of ether oxygens (including phenoxy) is 1. The van der Waals surface area contributed by atoms with Crippen molar-refractivity contribution in [2.75, 3.05) is 6.61 Å². The standard InChI is InChI=1S/C10H13F2NO2S/c1-3-15-9(14)10(11,12)8(13)7-6(2)4-5-16-7/h4-5,8H,3,13H2,1-2H3/t8-/m0/s1. The Hall–Kier alpha value is -1.01. The van der Waals surface area contributed by atoms with E-state index < -0.39 is 17.9 Å². The van der Waals surface area contributed by atoms with Gasteiger partial charge in [-0.1, -0.05) is 0 Å². The quantitative estimate of drug-likeness (QED) is 0.833. The van der Waals surface area contributed by atoms with E-state index in [9.17, 15) is 13.6 Å². The van der Waals surface area contributed by atoms with Crippen LogP contribution in [0.3, 0.4) is 0 Å². The Balaban J connectivity index is 2.92. The molecular weight excluding hydrogens is 236 g/mol. The van der Waals surface area contributed by atoms with Gasteiger partial charge in [-0.3, -0.25) is 0 Å². The molecule has 0 aliphatic carbocycles. The molecule has 0 saturated heterocycles. The summed E-state index contributed by atoms with van der Waals surface area (Å²) in [5, 5.41) is 1.66. The van der Waals surface area contributed by atoms with Gasteiger partial charge in [0.1, 0.15) is 6.04 Å². The van der Waals surface area contributed by atoms with Gasteiger partial charge in [0.05, 0.1) is 6.61 Å². The fourth-order valence-corrected chi connectivity index (χ4v) is 2.19. The maximum absolute atomic E-state index is 13.5. The summed E-state index contributed by atoms with van der Waals surface area (Å²) in [6.45, 7) is 3.05. The summed E-state index contributed by atoms with van der Waals surface area (Å²) in [7, 11) is 0. The fourth-order valence-electron chi connectivity index (χ4n) is 1.22. The van der Waals surface area contributed by atoms with Crippen LogP contribution in [-0.4, -0.2) is 18.5 Å². The van der Waals surface area contributed by atoms with Crippen LogP contribution in [0.15, 0.2) is 11.4 Å². The van der Waals surface area contributed by atoms with Crippen LogP contribution in [0.5, 0.6) is 0 Å². The van der Waals surface area contributed by atoms with Crippen molar-refractivity contribution in [2.24, 2.45) is 5.73 Å². The van der Waals surface area contributed by atoms with Crippen molar-refractivity contribution in [1.82, 2.24) is 0 Å². The minimum atomic E-state index is -3.69. The number of esters is 1. The van der Waals surface area contributed by atoms with Crippen LogP contribution in [-0.2, 0) is 9.53 Å². The summed E-state index contributed by atoms with van der Waals surface area (Å²) in [6.07, 6.45) is 0. The van der Waals surface area contributed by atoms with Gasteiger partial charge in [0.25, 0.3) is 0 Å². The monoisotopic (exact) mass is 249 g/mol. The van der Waals surface area contributed by atoms with Crippen LogP contribution in [0, 0.1) is 6.92 Å². The summed E-state index contributed by atoms with van der Waals surface area (Å²) in [5.74, 6) is -5.26. The molecule has 1 atom stereocenters. The zero-order valence-electron chi connectivity index (χ0n) is 9.00. The number of carbonyl (C=O) groups excluding carboxylic acids is 1. The maximum Gasteiger partial charge on any atom is 0.379 e. The lowest BCUT2D eigenvalue weighted by molar-refractivity contribution is -0.174. The summed E-state index contributed by atoms with van der Waals surface area (Å²) >= 11 is 1.11. The minimum absolute atomic E-state index is 0.0927. The highest BCUT2D eigenvalue weighted by Gasteiger charge is 2.48. The maximum atomic E-state index is 13.5. The molecule has 0 aliphatic rings. The number of hydrogen-bond acceptors (Lipinski definition) is 4. The molecule has 0 amide bonds. The van der Waals surface area contributed by atoms with E-state index in [0.717, 1.165) is 11.3 Å².